The second-order valence-corrected chi connectivity index (χ2v) is 5.10. The van der Waals surface area contributed by atoms with Crippen molar-refractivity contribution in [1.29, 1.82) is 0 Å². The summed E-state index contributed by atoms with van der Waals surface area (Å²) in [6, 6.07) is 8.55. The molecule has 4 rings (SSSR count). The molecule has 3 aromatic heterocycles. The molecule has 0 aliphatic rings. The Balaban J connectivity index is 1.91. The quantitative estimate of drug-likeness (QED) is 0.535. The molecule has 1 aromatic carbocycles. The number of nitrogens with zero attached hydrogens (tertiary/aromatic N) is 3. The van der Waals surface area contributed by atoms with E-state index in [-0.39, 0.29) is 12.4 Å². The zero-order chi connectivity index (χ0) is 15.8. The average Bonchev–Trinajstić information content (AvgIpc) is 3.13. The molecule has 23 heavy (non-hydrogen) atoms. The van der Waals surface area contributed by atoms with Crippen molar-refractivity contribution in [3.8, 4) is 17.2 Å². The maximum absolute atomic E-state index is 9.59. The van der Waals surface area contributed by atoms with Gasteiger partial charge in [-0.1, -0.05) is 0 Å². The number of aliphatic hydroxyl groups is 1. The fourth-order valence-electron chi connectivity index (χ4n) is 2.56. The summed E-state index contributed by atoms with van der Waals surface area (Å²) < 4.78 is 7.65. The Kier molecular flexibility index (Phi) is 3.13. The standard InChI is InChI=1S/C16H14N4O3/c21-6-5-18-16-15(19-14-3-4-17-9-20(14)16)13-8-10-7-11(22)1-2-12(10)23-13/h1-4,7-9,18,21-22H,5-6H2. The number of hydrogen-bond acceptors (Lipinski definition) is 6. The Morgan fingerprint density at radius 1 is 1.22 bits per heavy atom. The van der Waals surface area contributed by atoms with Crippen LogP contribution < -0.4 is 5.32 Å². The van der Waals surface area contributed by atoms with Crippen LogP contribution in [0.3, 0.4) is 0 Å². The number of aliphatic hydroxyl groups excluding tert-OH is 1. The molecule has 0 amide bonds. The highest BCUT2D eigenvalue weighted by Crippen LogP contribution is 2.33. The molecule has 3 N–H and O–H groups in total. The van der Waals surface area contributed by atoms with Crippen LogP contribution in [0.2, 0.25) is 0 Å². The summed E-state index contributed by atoms with van der Waals surface area (Å²) in [6.07, 6.45) is 3.32. The SMILES string of the molecule is OCCNc1c(-c2cc3cc(O)ccc3o2)nc2ccncn12. The molecule has 0 unspecified atom stereocenters. The second-order valence-electron chi connectivity index (χ2n) is 5.10. The molecule has 116 valence electrons. The van der Waals surface area contributed by atoms with Crippen molar-refractivity contribution in [2.75, 3.05) is 18.5 Å². The summed E-state index contributed by atoms with van der Waals surface area (Å²) in [5.74, 6) is 1.46. The molecular formula is C16H14N4O3. The van der Waals surface area contributed by atoms with Gasteiger partial charge in [0, 0.05) is 18.1 Å². The van der Waals surface area contributed by atoms with Gasteiger partial charge in [0.1, 0.15) is 34.8 Å². The molecule has 0 atom stereocenters. The number of phenols is 1. The first kappa shape index (κ1) is 13.6. The third-order valence-electron chi connectivity index (χ3n) is 3.57. The van der Waals surface area contributed by atoms with E-state index in [1.807, 2.05) is 6.07 Å². The van der Waals surface area contributed by atoms with Gasteiger partial charge < -0.3 is 19.9 Å². The highest BCUT2D eigenvalue weighted by atomic mass is 16.3. The number of furan rings is 1. The van der Waals surface area contributed by atoms with Gasteiger partial charge in [0.2, 0.25) is 0 Å². The number of rotatable bonds is 4. The van der Waals surface area contributed by atoms with Gasteiger partial charge in [-0.15, -0.1) is 0 Å². The maximum atomic E-state index is 9.59. The van der Waals surface area contributed by atoms with Gasteiger partial charge in [-0.25, -0.2) is 9.97 Å². The van der Waals surface area contributed by atoms with Gasteiger partial charge >= 0.3 is 0 Å². The topological polar surface area (TPSA) is 95.8 Å². The lowest BCUT2D eigenvalue weighted by atomic mass is 10.2. The zero-order valence-corrected chi connectivity index (χ0v) is 12.1. The van der Waals surface area contributed by atoms with E-state index in [9.17, 15) is 5.11 Å². The monoisotopic (exact) mass is 310 g/mol. The second kappa shape index (κ2) is 5.29. The van der Waals surface area contributed by atoms with Gasteiger partial charge in [-0.2, -0.15) is 0 Å². The van der Waals surface area contributed by atoms with Crippen molar-refractivity contribution in [1.82, 2.24) is 14.4 Å². The Morgan fingerprint density at radius 3 is 3.00 bits per heavy atom. The van der Waals surface area contributed by atoms with E-state index in [0.29, 0.717) is 29.4 Å². The van der Waals surface area contributed by atoms with Gasteiger partial charge in [-0.3, -0.25) is 4.40 Å². The molecule has 0 aliphatic carbocycles. The van der Waals surface area contributed by atoms with Gasteiger partial charge in [0.25, 0.3) is 0 Å². The largest absolute Gasteiger partial charge is 0.508 e. The van der Waals surface area contributed by atoms with Crippen LogP contribution in [-0.2, 0) is 0 Å². The maximum Gasteiger partial charge on any atom is 0.157 e. The molecule has 0 bridgehead atoms. The Morgan fingerprint density at radius 2 is 2.13 bits per heavy atom. The molecule has 4 aromatic rings. The van der Waals surface area contributed by atoms with Gasteiger partial charge in [-0.05, 0) is 30.3 Å². The first-order chi connectivity index (χ1) is 11.3. The summed E-state index contributed by atoms with van der Waals surface area (Å²) >= 11 is 0. The normalized spacial score (nSPS) is 11.3. The van der Waals surface area contributed by atoms with Crippen molar-refractivity contribution in [2.45, 2.75) is 0 Å². The van der Waals surface area contributed by atoms with E-state index >= 15 is 0 Å². The molecule has 7 nitrogen and oxygen atoms in total. The highest BCUT2D eigenvalue weighted by molar-refractivity contribution is 5.86. The Bertz CT molecular complexity index is 989. The molecule has 0 fully saturated rings. The van der Waals surface area contributed by atoms with Crippen molar-refractivity contribution >= 4 is 22.4 Å². The average molecular weight is 310 g/mol. The lowest BCUT2D eigenvalue weighted by molar-refractivity contribution is 0.311. The van der Waals surface area contributed by atoms with E-state index in [1.54, 1.807) is 41.2 Å². The van der Waals surface area contributed by atoms with Crippen molar-refractivity contribution in [3.05, 3.63) is 42.9 Å². The molecule has 7 heteroatoms. The summed E-state index contributed by atoms with van der Waals surface area (Å²) in [5, 5.41) is 22.6. The van der Waals surface area contributed by atoms with Crippen LogP contribution >= 0.6 is 0 Å². The number of phenolic OH excluding ortho intramolecular Hbond substituents is 1. The number of imidazole rings is 1. The van der Waals surface area contributed by atoms with Crippen molar-refractivity contribution in [2.24, 2.45) is 0 Å². The number of fused-ring (bicyclic) bond motifs is 2. The third kappa shape index (κ3) is 2.27. The molecule has 3 heterocycles. The summed E-state index contributed by atoms with van der Waals surface area (Å²) in [4.78, 5) is 8.68. The van der Waals surface area contributed by atoms with Crippen LogP contribution in [-0.4, -0.2) is 37.7 Å². The zero-order valence-electron chi connectivity index (χ0n) is 12.1. The number of benzene rings is 1. The van der Waals surface area contributed by atoms with Gasteiger partial charge in [0.15, 0.2) is 5.76 Å². The minimum absolute atomic E-state index is 0.000931. The fraction of sp³-hybridized carbons (Fsp3) is 0.125. The Hall–Kier alpha value is -3.06. The highest BCUT2D eigenvalue weighted by Gasteiger charge is 2.17. The van der Waals surface area contributed by atoms with E-state index in [0.717, 1.165) is 11.0 Å². The van der Waals surface area contributed by atoms with Gasteiger partial charge in [0.05, 0.1) is 6.61 Å². The van der Waals surface area contributed by atoms with E-state index in [1.165, 1.54) is 0 Å². The lowest BCUT2D eigenvalue weighted by Gasteiger charge is -2.05. The van der Waals surface area contributed by atoms with E-state index in [2.05, 4.69) is 15.3 Å². The number of aromatic nitrogens is 3. The van der Waals surface area contributed by atoms with Crippen molar-refractivity contribution in [3.63, 3.8) is 0 Å². The molecule has 0 saturated carbocycles. The first-order valence-electron chi connectivity index (χ1n) is 7.16. The predicted octanol–water partition coefficient (Wildman–Crippen LogP) is 2.25. The first-order valence-corrected chi connectivity index (χ1v) is 7.16. The number of aromatic hydroxyl groups is 1. The van der Waals surface area contributed by atoms with Crippen LogP contribution in [0, 0.1) is 0 Å². The summed E-state index contributed by atoms with van der Waals surface area (Å²) in [5.41, 5.74) is 2.02. The van der Waals surface area contributed by atoms with E-state index in [4.69, 9.17) is 9.52 Å². The fourth-order valence-corrected chi connectivity index (χ4v) is 2.56. The Labute approximate surface area is 130 Å². The minimum atomic E-state index is 0.000931. The molecule has 0 spiro atoms. The number of nitrogens with one attached hydrogen (secondary N) is 1. The number of anilines is 1. The van der Waals surface area contributed by atoms with Crippen molar-refractivity contribution < 1.29 is 14.6 Å². The molecule has 0 radical (unpaired) electrons. The minimum Gasteiger partial charge on any atom is -0.508 e. The van der Waals surface area contributed by atoms with Crippen LogP contribution in [0.25, 0.3) is 28.1 Å². The summed E-state index contributed by atoms with van der Waals surface area (Å²) in [6.45, 7) is 0.387. The van der Waals surface area contributed by atoms with Crippen LogP contribution in [0.5, 0.6) is 5.75 Å². The lowest BCUT2D eigenvalue weighted by Crippen LogP contribution is -2.08. The number of hydrogen-bond donors (Lipinski definition) is 3. The molecular weight excluding hydrogens is 296 g/mol. The smallest absolute Gasteiger partial charge is 0.157 e. The predicted molar refractivity (Wildman–Crippen MR) is 85.4 cm³/mol. The molecule has 0 aliphatic heterocycles. The third-order valence-corrected chi connectivity index (χ3v) is 3.57. The van der Waals surface area contributed by atoms with E-state index < -0.39 is 0 Å². The van der Waals surface area contributed by atoms with Crippen LogP contribution in [0.4, 0.5) is 5.82 Å². The van der Waals surface area contributed by atoms with Crippen LogP contribution in [0.15, 0.2) is 47.3 Å². The summed E-state index contributed by atoms with van der Waals surface area (Å²) in [7, 11) is 0. The van der Waals surface area contributed by atoms with Crippen LogP contribution in [0.1, 0.15) is 0 Å². The molecule has 0 saturated heterocycles.